The van der Waals surface area contributed by atoms with Gasteiger partial charge in [-0.05, 0) is 18.9 Å². The number of alkyl halides is 3. The van der Waals surface area contributed by atoms with Gasteiger partial charge in [0.2, 0.25) is 0 Å². The van der Waals surface area contributed by atoms with Gasteiger partial charge in [0.15, 0.2) is 0 Å². The van der Waals surface area contributed by atoms with Crippen LogP contribution in [0, 0.1) is 0 Å². The van der Waals surface area contributed by atoms with Crippen molar-refractivity contribution >= 4 is 0 Å². The second kappa shape index (κ2) is 5.92. The molecule has 1 aromatic rings. The zero-order chi connectivity index (χ0) is 13.9. The van der Waals surface area contributed by atoms with Gasteiger partial charge in [0.25, 0.3) is 0 Å². The Labute approximate surface area is 111 Å². The summed E-state index contributed by atoms with van der Waals surface area (Å²) in [5, 5.41) is 3.32. The molecule has 1 fully saturated rings. The van der Waals surface area contributed by atoms with E-state index in [2.05, 4.69) is 5.32 Å². The summed E-state index contributed by atoms with van der Waals surface area (Å²) in [6.07, 6.45) is -3.36. The standard InChI is InChI=1S/C14H19F3N2/c1-11-8-18-13(7-12-5-3-2-4-6-12)9-19(11)10-14(15,16)17/h2-6,11,13,18H,7-10H2,1H3. The van der Waals surface area contributed by atoms with Crippen LogP contribution < -0.4 is 5.32 Å². The number of rotatable bonds is 3. The molecule has 1 saturated heterocycles. The van der Waals surface area contributed by atoms with Crippen molar-refractivity contribution in [1.82, 2.24) is 10.2 Å². The van der Waals surface area contributed by atoms with E-state index in [1.54, 1.807) is 0 Å². The van der Waals surface area contributed by atoms with E-state index in [9.17, 15) is 13.2 Å². The summed E-state index contributed by atoms with van der Waals surface area (Å²) in [5.74, 6) is 0. The smallest absolute Gasteiger partial charge is 0.311 e. The fraction of sp³-hybridized carbons (Fsp3) is 0.571. The molecule has 106 valence electrons. The van der Waals surface area contributed by atoms with Crippen LogP contribution in [-0.4, -0.2) is 42.8 Å². The predicted molar refractivity (Wildman–Crippen MR) is 69.0 cm³/mol. The summed E-state index contributed by atoms with van der Waals surface area (Å²) in [6.45, 7) is 2.06. The van der Waals surface area contributed by atoms with Crippen molar-refractivity contribution in [1.29, 1.82) is 0 Å². The summed E-state index contributed by atoms with van der Waals surface area (Å²) < 4.78 is 37.5. The second-order valence-corrected chi connectivity index (χ2v) is 5.19. The Balaban J connectivity index is 1.93. The third kappa shape index (κ3) is 4.51. The molecule has 2 nitrogen and oxygen atoms in total. The Morgan fingerprint density at radius 1 is 1.26 bits per heavy atom. The van der Waals surface area contributed by atoms with Gasteiger partial charge >= 0.3 is 6.18 Å². The molecule has 1 aliphatic heterocycles. The Bertz CT molecular complexity index is 391. The average molecular weight is 272 g/mol. The molecule has 1 aliphatic rings. The zero-order valence-electron chi connectivity index (χ0n) is 11.0. The van der Waals surface area contributed by atoms with Gasteiger partial charge in [-0.25, -0.2) is 0 Å². The van der Waals surface area contributed by atoms with Gasteiger partial charge in [-0.3, -0.25) is 4.90 Å². The summed E-state index contributed by atoms with van der Waals surface area (Å²) in [4.78, 5) is 1.52. The van der Waals surface area contributed by atoms with Crippen LogP contribution in [0.15, 0.2) is 30.3 Å². The number of hydrogen-bond donors (Lipinski definition) is 1. The molecule has 0 aliphatic carbocycles. The number of nitrogens with zero attached hydrogens (tertiary/aromatic N) is 1. The summed E-state index contributed by atoms with van der Waals surface area (Å²) in [5.41, 5.74) is 1.15. The van der Waals surface area contributed by atoms with Crippen molar-refractivity contribution < 1.29 is 13.2 Å². The maximum absolute atomic E-state index is 12.5. The fourth-order valence-electron chi connectivity index (χ4n) is 2.48. The average Bonchev–Trinajstić information content (AvgIpc) is 2.33. The normalized spacial score (nSPS) is 25.5. The number of nitrogens with one attached hydrogen (secondary N) is 1. The summed E-state index contributed by atoms with van der Waals surface area (Å²) >= 11 is 0. The minimum absolute atomic E-state index is 0.0753. The molecule has 1 N–H and O–H groups in total. The zero-order valence-corrected chi connectivity index (χ0v) is 11.0. The van der Waals surface area contributed by atoms with Crippen LogP contribution >= 0.6 is 0 Å². The molecule has 2 rings (SSSR count). The maximum atomic E-state index is 12.5. The Morgan fingerprint density at radius 3 is 2.58 bits per heavy atom. The third-order valence-corrected chi connectivity index (χ3v) is 3.49. The van der Waals surface area contributed by atoms with Crippen molar-refractivity contribution in [2.45, 2.75) is 31.6 Å². The largest absolute Gasteiger partial charge is 0.401 e. The van der Waals surface area contributed by atoms with Crippen LogP contribution in [0.4, 0.5) is 13.2 Å². The Kier molecular flexibility index (Phi) is 4.47. The van der Waals surface area contributed by atoms with Gasteiger partial charge in [-0.2, -0.15) is 13.2 Å². The first-order valence-electron chi connectivity index (χ1n) is 6.52. The fourth-order valence-corrected chi connectivity index (χ4v) is 2.48. The Hall–Kier alpha value is -1.07. The molecule has 1 aromatic carbocycles. The van der Waals surface area contributed by atoms with Crippen molar-refractivity contribution in [3.63, 3.8) is 0 Å². The van der Waals surface area contributed by atoms with Gasteiger partial charge in [0.05, 0.1) is 6.54 Å². The number of halogens is 3. The summed E-state index contributed by atoms with van der Waals surface area (Å²) in [7, 11) is 0. The molecule has 2 atom stereocenters. The van der Waals surface area contributed by atoms with Crippen LogP contribution in [0.1, 0.15) is 12.5 Å². The van der Waals surface area contributed by atoms with E-state index >= 15 is 0 Å². The van der Waals surface area contributed by atoms with E-state index in [1.165, 1.54) is 4.90 Å². The van der Waals surface area contributed by atoms with E-state index in [1.807, 2.05) is 37.3 Å². The highest BCUT2D eigenvalue weighted by Crippen LogP contribution is 2.20. The van der Waals surface area contributed by atoms with Gasteiger partial charge in [0, 0.05) is 25.2 Å². The lowest BCUT2D eigenvalue weighted by Gasteiger charge is -2.39. The van der Waals surface area contributed by atoms with Gasteiger partial charge in [0.1, 0.15) is 0 Å². The topological polar surface area (TPSA) is 15.3 Å². The molecular weight excluding hydrogens is 253 g/mol. The van der Waals surface area contributed by atoms with E-state index in [-0.39, 0.29) is 12.1 Å². The number of benzene rings is 1. The molecule has 0 radical (unpaired) electrons. The first-order chi connectivity index (χ1) is 8.94. The molecular formula is C14H19F3N2. The minimum Gasteiger partial charge on any atom is -0.311 e. The van der Waals surface area contributed by atoms with Crippen molar-refractivity contribution in [2.24, 2.45) is 0 Å². The van der Waals surface area contributed by atoms with Crippen molar-refractivity contribution in [2.75, 3.05) is 19.6 Å². The molecule has 0 aromatic heterocycles. The molecule has 0 bridgehead atoms. The van der Waals surface area contributed by atoms with Crippen LogP contribution in [0.5, 0.6) is 0 Å². The monoisotopic (exact) mass is 272 g/mol. The van der Waals surface area contributed by atoms with E-state index in [0.717, 1.165) is 12.0 Å². The molecule has 0 spiro atoms. The Morgan fingerprint density at radius 2 is 1.95 bits per heavy atom. The second-order valence-electron chi connectivity index (χ2n) is 5.19. The van der Waals surface area contributed by atoms with Gasteiger partial charge in [-0.15, -0.1) is 0 Å². The quantitative estimate of drug-likeness (QED) is 0.909. The lowest BCUT2D eigenvalue weighted by Crippen LogP contribution is -2.57. The highest BCUT2D eigenvalue weighted by molar-refractivity contribution is 5.16. The highest BCUT2D eigenvalue weighted by atomic mass is 19.4. The molecule has 2 unspecified atom stereocenters. The lowest BCUT2D eigenvalue weighted by molar-refractivity contribution is -0.153. The predicted octanol–water partition coefficient (Wildman–Crippen LogP) is 2.45. The first-order valence-corrected chi connectivity index (χ1v) is 6.52. The van der Waals surface area contributed by atoms with Crippen LogP contribution in [-0.2, 0) is 6.42 Å². The third-order valence-electron chi connectivity index (χ3n) is 3.49. The number of piperazine rings is 1. The van der Waals surface area contributed by atoms with Gasteiger partial charge < -0.3 is 5.32 Å². The number of hydrogen-bond acceptors (Lipinski definition) is 2. The van der Waals surface area contributed by atoms with Crippen LogP contribution in [0.2, 0.25) is 0 Å². The maximum Gasteiger partial charge on any atom is 0.401 e. The SMILES string of the molecule is CC1CNC(Cc2ccccc2)CN1CC(F)(F)F. The molecule has 5 heteroatoms. The highest BCUT2D eigenvalue weighted by Gasteiger charge is 2.35. The van der Waals surface area contributed by atoms with Crippen LogP contribution in [0.3, 0.4) is 0 Å². The van der Waals surface area contributed by atoms with Crippen molar-refractivity contribution in [3.8, 4) is 0 Å². The van der Waals surface area contributed by atoms with E-state index < -0.39 is 12.7 Å². The van der Waals surface area contributed by atoms with E-state index in [4.69, 9.17) is 0 Å². The lowest BCUT2D eigenvalue weighted by atomic mass is 10.0. The molecule has 0 saturated carbocycles. The molecule has 1 heterocycles. The van der Waals surface area contributed by atoms with Crippen LogP contribution in [0.25, 0.3) is 0 Å². The first kappa shape index (κ1) is 14.3. The molecule has 0 amide bonds. The van der Waals surface area contributed by atoms with E-state index in [0.29, 0.717) is 13.1 Å². The minimum atomic E-state index is -4.12. The summed E-state index contributed by atoms with van der Waals surface area (Å²) in [6, 6.07) is 9.87. The van der Waals surface area contributed by atoms with Gasteiger partial charge in [-0.1, -0.05) is 30.3 Å². The van der Waals surface area contributed by atoms with Crippen molar-refractivity contribution in [3.05, 3.63) is 35.9 Å². The molecule has 19 heavy (non-hydrogen) atoms.